The Kier molecular flexibility index (Phi) is 7.49. The standard InChI is InChI=1S/C34H34N4O2/c39-33(36-26-16-8-3-9-17-26)32(28-22-35-30-19-11-10-18-27(28)30)38(23-24-12-4-1-5-13-24)34(40)31-21-20-29(37-31)25-14-6-2-7-15-25/h1-2,4-7,10-15,18-22,26,32,35,37H,3,8-9,16-17,23H2,(H,36,39)/t32-/m1/s1. The number of nitrogens with one attached hydrogen (secondary N) is 3. The van der Waals surface area contributed by atoms with E-state index in [1.807, 2.05) is 103 Å². The summed E-state index contributed by atoms with van der Waals surface area (Å²) >= 11 is 0. The number of hydrogen-bond donors (Lipinski definition) is 3. The fourth-order valence-corrected chi connectivity index (χ4v) is 5.82. The van der Waals surface area contributed by atoms with E-state index in [0.717, 1.165) is 59.0 Å². The number of hydrogen-bond acceptors (Lipinski definition) is 2. The number of fused-ring (bicyclic) bond motifs is 1. The summed E-state index contributed by atoms with van der Waals surface area (Å²) in [5.74, 6) is -0.365. The summed E-state index contributed by atoms with van der Waals surface area (Å²) in [5.41, 5.74) is 5.00. The minimum atomic E-state index is -0.811. The summed E-state index contributed by atoms with van der Waals surface area (Å²) in [5, 5.41) is 4.26. The topological polar surface area (TPSA) is 81.0 Å². The largest absolute Gasteiger partial charge is 0.361 e. The molecule has 2 aromatic heterocycles. The Bertz CT molecular complexity index is 1580. The molecule has 1 aliphatic carbocycles. The number of aromatic nitrogens is 2. The SMILES string of the molecule is O=C(NC1CCCCC1)[C@@H](c1c[nH]c2ccccc12)N(Cc1ccccc1)C(=O)c1ccc(-c2ccccc2)[nH]1. The fourth-order valence-electron chi connectivity index (χ4n) is 5.82. The molecule has 2 heterocycles. The van der Waals surface area contributed by atoms with Crippen LogP contribution >= 0.6 is 0 Å². The summed E-state index contributed by atoms with van der Waals surface area (Å²) in [7, 11) is 0. The molecule has 0 aliphatic heterocycles. The molecule has 5 aromatic rings. The minimum absolute atomic E-state index is 0.123. The van der Waals surface area contributed by atoms with Crippen LogP contribution in [-0.2, 0) is 11.3 Å². The molecule has 0 unspecified atom stereocenters. The normalized spacial score (nSPS) is 14.6. The molecule has 3 N–H and O–H groups in total. The van der Waals surface area contributed by atoms with E-state index in [9.17, 15) is 9.59 Å². The van der Waals surface area contributed by atoms with Gasteiger partial charge in [0.2, 0.25) is 5.91 Å². The number of amides is 2. The monoisotopic (exact) mass is 530 g/mol. The molecule has 6 heteroatoms. The van der Waals surface area contributed by atoms with Gasteiger partial charge in [-0.2, -0.15) is 0 Å². The minimum Gasteiger partial charge on any atom is -0.361 e. The molecule has 1 saturated carbocycles. The van der Waals surface area contributed by atoms with E-state index in [0.29, 0.717) is 12.2 Å². The number of nitrogens with zero attached hydrogens (tertiary/aromatic N) is 1. The van der Waals surface area contributed by atoms with E-state index in [1.54, 1.807) is 4.90 Å². The third kappa shape index (κ3) is 5.43. The van der Waals surface area contributed by atoms with Crippen LogP contribution in [0.5, 0.6) is 0 Å². The second-order valence-corrected chi connectivity index (χ2v) is 10.6. The first kappa shape index (κ1) is 25.7. The predicted octanol–water partition coefficient (Wildman–Crippen LogP) is 7.00. The van der Waals surface area contributed by atoms with Gasteiger partial charge in [0, 0.05) is 40.9 Å². The van der Waals surface area contributed by atoms with Crippen LogP contribution in [0.25, 0.3) is 22.2 Å². The summed E-state index contributed by atoms with van der Waals surface area (Å²) in [6.45, 7) is 0.293. The molecule has 6 rings (SSSR count). The van der Waals surface area contributed by atoms with Crippen LogP contribution in [-0.4, -0.2) is 32.7 Å². The van der Waals surface area contributed by atoms with Crippen molar-refractivity contribution in [2.75, 3.05) is 0 Å². The Morgan fingerprint density at radius 2 is 1.52 bits per heavy atom. The van der Waals surface area contributed by atoms with Crippen molar-refractivity contribution in [1.82, 2.24) is 20.2 Å². The van der Waals surface area contributed by atoms with Crippen LogP contribution in [0.1, 0.15) is 59.8 Å². The summed E-state index contributed by atoms with van der Waals surface area (Å²) < 4.78 is 0. The molecular weight excluding hydrogens is 496 g/mol. The lowest BCUT2D eigenvalue weighted by atomic mass is 9.94. The fraction of sp³-hybridized carbons (Fsp3) is 0.235. The zero-order chi connectivity index (χ0) is 27.3. The van der Waals surface area contributed by atoms with Crippen molar-refractivity contribution in [2.24, 2.45) is 0 Å². The van der Waals surface area contributed by atoms with E-state index >= 15 is 0 Å². The third-order valence-corrected chi connectivity index (χ3v) is 7.89. The maximum absolute atomic E-state index is 14.4. The van der Waals surface area contributed by atoms with Gasteiger partial charge in [-0.05, 0) is 42.2 Å². The van der Waals surface area contributed by atoms with Gasteiger partial charge in [-0.3, -0.25) is 9.59 Å². The maximum Gasteiger partial charge on any atom is 0.271 e. The molecule has 40 heavy (non-hydrogen) atoms. The van der Waals surface area contributed by atoms with Crippen molar-refractivity contribution < 1.29 is 9.59 Å². The number of para-hydroxylation sites is 1. The zero-order valence-corrected chi connectivity index (χ0v) is 22.5. The first-order chi connectivity index (χ1) is 19.7. The number of carbonyl (C=O) groups is 2. The van der Waals surface area contributed by atoms with Gasteiger partial charge < -0.3 is 20.2 Å². The van der Waals surface area contributed by atoms with Crippen molar-refractivity contribution >= 4 is 22.7 Å². The highest BCUT2D eigenvalue weighted by molar-refractivity contribution is 5.99. The van der Waals surface area contributed by atoms with E-state index in [1.165, 1.54) is 6.42 Å². The molecule has 2 amide bonds. The van der Waals surface area contributed by atoms with Crippen LogP contribution in [0.4, 0.5) is 0 Å². The number of rotatable bonds is 8. The number of carbonyl (C=O) groups excluding carboxylic acids is 2. The Labute approximate surface area is 234 Å². The molecule has 6 nitrogen and oxygen atoms in total. The number of aromatic amines is 2. The maximum atomic E-state index is 14.4. The Morgan fingerprint density at radius 1 is 0.825 bits per heavy atom. The van der Waals surface area contributed by atoms with Crippen molar-refractivity contribution in [1.29, 1.82) is 0 Å². The van der Waals surface area contributed by atoms with Crippen LogP contribution in [0.2, 0.25) is 0 Å². The average Bonchev–Trinajstić information content (AvgIpc) is 3.67. The molecule has 1 aliphatic rings. The lowest BCUT2D eigenvalue weighted by Gasteiger charge is -2.33. The number of H-pyrrole nitrogens is 2. The van der Waals surface area contributed by atoms with Crippen molar-refractivity contribution in [2.45, 2.75) is 50.7 Å². The lowest BCUT2D eigenvalue weighted by molar-refractivity contribution is -0.127. The van der Waals surface area contributed by atoms with Gasteiger partial charge in [0.1, 0.15) is 11.7 Å². The van der Waals surface area contributed by atoms with Gasteiger partial charge in [0.25, 0.3) is 5.91 Å². The van der Waals surface area contributed by atoms with Gasteiger partial charge in [-0.25, -0.2) is 0 Å². The first-order valence-corrected chi connectivity index (χ1v) is 14.1. The first-order valence-electron chi connectivity index (χ1n) is 14.1. The molecule has 3 aromatic carbocycles. The third-order valence-electron chi connectivity index (χ3n) is 7.89. The number of benzene rings is 3. The molecule has 0 radical (unpaired) electrons. The van der Waals surface area contributed by atoms with E-state index < -0.39 is 6.04 Å². The van der Waals surface area contributed by atoms with Crippen LogP contribution in [0.15, 0.2) is 103 Å². The van der Waals surface area contributed by atoms with E-state index in [2.05, 4.69) is 15.3 Å². The quantitative estimate of drug-likeness (QED) is 0.202. The van der Waals surface area contributed by atoms with Gasteiger partial charge in [-0.15, -0.1) is 0 Å². The van der Waals surface area contributed by atoms with Crippen LogP contribution in [0, 0.1) is 0 Å². The smallest absolute Gasteiger partial charge is 0.271 e. The summed E-state index contributed by atoms with van der Waals surface area (Å²) in [6.07, 6.45) is 7.24. The van der Waals surface area contributed by atoms with Gasteiger partial charge in [-0.1, -0.05) is 98.1 Å². The Morgan fingerprint density at radius 3 is 2.30 bits per heavy atom. The molecule has 202 valence electrons. The summed E-state index contributed by atoms with van der Waals surface area (Å²) in [4.78, 5) is 36.9. The molecule has 0 saturated heterocycles. The van der Waals surface area contributed by atoms with Gasteiger partial charge in [0.05, 0.1) is 0 Å². The molecular formula is C34H34N4O2. The lowest BCUT2D eigenvalue weighted by Crippen LogP contribution is -2.46. The average molecular weight is 531 g/mol. The Hall–Kier alpha value is -4.58. The molecule has 1 fully saturated rings. The molecule has 0 bridgehead atoms. The van der Waals surface area contributed by atoms with Gasteiger partial charge >= 0.3 is 0 Å². The van der Waals surface area contributed by atoms with Crippen molar-refractivity contribution in [3.63, 3.8) is 0 Å². The van der Waals surface area contributed by atoms with E-state index in [-0.39, 0.29) is 17.9 Å². The highest BCUT2D eigenvalue weighted by Gasteiger charge is 2.35. The summed E-state index contributed by atoms with van der Waals surface area (Å²) in [6, 6.07) is 30.8. The molecule has 1 atom stereocenters. The second-order valence-electron chi connectivity index (χ2n) is 10.6. The highest BCUT2D eigenvalue weighted by Crippen LogP contribution is 2.32. The molecule has 0 spiro atoms. The van der Waals surface area contributed by atoms with E-state index in [4.69, 9.17) is 0 Å². The highest BCUT2D eigenvalue weighted by atomic mass is 16.2. The zero-order valence-electron chi connectivity index (χ0n) is 22.5. The van der Waals surface area contributed by atoms with Crippen LogP contribution in [0.3, 0.4) is 0 Å². The Balaban J connectivity index is 1.42. The van der Waals surface area contributed by atoms with Gasteiger partial charge in [0.15, 0.2) is 0 Å². The second kappa shape index (κ2) is 11.7. The predicted molar refractivity (Wildman–Crippen MR) is 159 cm³/mol. The van der Waals surface area contributed by atoms with Crippen molar-refractivity contribution in [3.8, 4) is 11.3 Å². The van der Waals surface area contributed by atoms with Crippen molar-refractivity contribution in [3.05, 3.63) is 120 Å². The van der Waals surface area contributed by atoms with Crippen LogP contribution < -0.4 is 5.32 Å².